The fraction of sp³-hybridized carbons (Fsp3) is 0.923. The maximum absolute atomic E-state index is 10.9. The SMILES string of the molecule is O=C(O)N1CC2CN(CC3CCNCC3)CC2C1. The largest absolute Gasteiger partial charge is 0.465 e. The van der Waals surface area contributed by atoms with E-state index >= 15 is 0 Å². The third-order valence-corrected chi connectivity index (χ3v) is 4.81. The molecule has 0 spiro atoms. The van der Waals surface area contributed by atoms with Gasteiger partial charge in [0.15, 0.2) is 0 Å². The van der Waals surface area contributed by atoms with E-state index in [4.69, 9.17) is 5.11 Å². The summed E-state index contributed by atoms with van der Waals surface area (Å²) in [5.41, 5.74) is 0. The monoisotopic (exact) mass is 253 g/mol. The molecule has 0 aromatic carbocycles. The van der Waals surface area contributed by atoms with Gasteiger partial charge in [-0.15, -0.1) is 0 Å². The molecule has 0 aromatic rings. The minimum Gasteiger partial charge on any atom is -0.465 e. The van der Waals surface area contributed by atoms with E-state index in [9.17, 15) is 4.79 Å². The van der Waals surface area contributed by atoms with Crippen molar-refractivity contribution in [2.45, 2.75) is 12.8 Å². The molecule has 2 N–H and O–H groups in total. The van der Waals surface area contributed by atoms with E-state index < -0.39 is 6.09 Å². The number of piperidine rings is 1. The summed E-state index contributed by atoms with van der Waals surface area (Å²) >= 11 is 0. The minimum absolute atomic E-state index is 0.586. The molecule has 2 atom stereocenters. The molecule has 0 aromatic heterocycles. The molecule has 0 aliphatic carbocycles. The van der Waals surface area contributed by atoms with Gasteiger partial charge in [-0.05, 0) is 43.7 Å². The van der Waals surface area contributed by atoms with E-state index in [0.717, 1.165) is 45.2 Å². The predicted molar refractivity (Wildman–Crippen MR) is 68.6 cm³/mol. The van der Waals surface area contributed by atoms with Crippen LogP contribution in [0, 0.1) is 17.8 Å². The zero-order chi connectivity index (χ0) is 12.5. The number of rotatable bonds is 2. The third-order valence-electron chi connectivity index (χ3n) is 4.81. The molecule has 102 valence electrons. The molecule has 1 amide bonds. The van der Waals surface area contributed by atoms with Crippen LogP contribution in [-0.4, -0.2) is 66.8 Å². The van der Waals surface area contributed by atoms with E-state index in [1.165, 1.54) is 19.4 Å². The molecular formula is C13H23N3O2. The second-order valence-corrected chi connectivity index (χ2v) is 6.12. The third kappa shape index (κ3) is 2.47. The normalized spacial score (nSPS) is 33.9. The molecule has 3 fully saturated rings. The lowest BCUT2D eigenvalue weighted by Crippen LogP contribution is -2.37. The number of nitrogens with one attached hydrogen (secondary N) is 1. The molecule has 5 nitrogen and oxygen atoms in total. The number of amides is 1. The van der Waals surface area contributed by atoms with Crippen LogP contribution in [0.1, 0.15) is 12.8 Å². The fourth-order valence-corrected chi connectivity index (χ4v) is 3.82. The summed E-state index contributed by atoms with van der Waals surface area (Å²) in [4.78, 5) is 15.1. The Hall–Kier alpha value is -0.810. The van der Waals surface area contributed by atoms with Crippen LogP contribution in [0.3, 0.4) is 0 Å². The second-order valence-electron chi connectivity index (χ2n) is 6.12. The highest BCUT2D eigenvalue weighted by Crippen LogP contribution is 2.32. The Morgan fingerprint density at radius 1 is 1.11 bits per heavy atom. The van der Waals surface area contributed by atoms with E-state index in [1.807, 2.05) is 0 Å². The molecule has 3 aliphatic rings. The molecule has 18 heavy (non-hydrogen) atoms. The van der Waals surface area contributed by atoms with Crippen molar-refractivity contribution >= 4 is 6.09 Å². The Labute approximate surface area is 108 Å². The van der Waals surface area contributed by atoms with Crippen LogP contribution in [0.25, 0.3) is 0 Å². The topological polar surface area (TPSA) is 55.8 Å². The van der Waals surface area contributed by atoms with Crippen molar-refractivity contribution in [1.29, 1.82) is 0 Å². The highest BCUT2D eigenvalue weighted by Gasteiger charge is 2.41. The van der Waals surface area contributed by atoms with Crippen molar-refractivity contribution in [2.24, 2.45) is 17.8 Å². The van der Waals surface area contributed by atoms with Crippen LogP contribution in [0.4, 0.5) is 4.79 Å². The van der Waals surface area contributed by atoms with E-state index in [-0.39, 0.29) is 0 Å². The van der Waals surface area contributed by atoms with Gasteiger partial charge in [0.1, 0.15) is 0 Å². The highest BCUT2D eigenvalue weighted by atomic mass is 16.4. The first kappa shape index (κ1) is 12.2. The van der Waals surface area contributed by atoms with E-state index in [1.54, 1.807) is 4.90 Å². The average Bonchev–Trinajstić information content (AvgIpc) is 2.88. The van der Waals surface area contributed by atoms with Crippen molar-refractivity contribution in [3.05, 3.63) is 0 Å². The Morgan fingerprint density at radius 3 is 2.28 bits per heavy atom. The lowest BCUT2D eigenvalue weighted by atomic mass is 9.98. The number of nitrogens with zero attached hydrogens (tertiary/aromatic N) is 2. The standard InChI is InChI=1S/C13H23N3O2/c17-13(18)16-8-11-6-15(7-12(11)9-16)5-10-1-3-14-4-2-10/h10-12,14H,1-9H2,(H,17,18). The first-order valence-corrected chi connectivity index (χ1v) is 7.13. The van der Waals surface area contributed by atoms with Gasteiger partial charge in [-0.2, -0.15) is 0 Å². The molecule has 3 saturated heterocycles. The van der Waals surface area contributed by atoms with Gasteiger partial charge in [0.25, 0.3) is 0 Å². The maximum Gasteiger partial charge on any atom is 0.407 e. The van der Waals surface area contributed by atoms with Crippen molar-refractivity contribution in [3.8, 4) is 0 Å². The summed E-state index contributed by atoms with van der Waals surface area (Å²) in [7, 11) is 0. The Bertz CT molecular complexity index is 303. The zero-order valence-electron chi connectivity index (χ0n) is 10.8. The van der Waals surface area contributed by atoms with Crippen molar-refractivity contribution in [2.75, 3.05) is 45.8 Å². The smallest absolute Gasteiger partial charge is 0.407 e. The van der Waals surface area contributed by atoms with Gasteiger partial charge in [-0.1, -0.05) is 0 Å². The van der Waals surface area contributed by atoms with Crippen LogP contribution < -0.4 is 5.32 Å². The summed E-state index contributed by atoms with van der Waals surface area (Å²) in [6.07, 6.45) is 1.86. The lowest BCUT2D eigenvalue weighted by Gasteiger charge is -2.28. The Kier molecular flexibility index (Phi) is 3.43. The number of carboxylic acid groups (broad SMARTS) is 1. The Morgan fingerprint density at radius 2 is 1.72 bits per heavy atom. The molecule has 3 heterocycles. The molecule has 3 aliphatic heterocycles. The average molecular weight is 253 g/mol. The summed E-state index contributed by atoms with van der Waals surface area (Å²) < 4.78 is 0. The molecule has 0 radical (unpaired) electrons. The van der Waals surface area contributed by atoms with Crippen LogP contribution in [0.5, 0.6) is 0 Å². The van der Waals surface area contributed by atoms with Gasteiger partial charge < -0.3 is 20.2 Å². The van der Waals surface area contributed by atoms with Crippen LogP contribution >= 0.6 is 0 Å². The summed E-state index contributed by atoms with van der Waals surface area (Å²) in [5, 5.41) is 12.4. The van der Waals surface area contributed by atoms with E-state index in [0.29, 0.717) is 11.8 Å². The van der Waals surface area contributed by atoms with Crippen LogP contribution in [-0.2, 0) is 0 Å². The molecular weight excluding hydrogens is 230 g/mol. The number of likely N-dealkylation sites (tertiary alicyclic amines) is 2. The molecule has 5 heteroatoms. The van der Waals surface area contributed by atoms with Crippen molar-refractivity contribution < 1.29 is 9.90 Å². The first-order chi connectivity index (χ1) is 8.72. The maximum atomic E-state index is 10.9. The van der Waals surface area contributed by atoms with Crippen LogP contribution in [0.15, 0.2) is 0 Å². The number of carbonyl (C=O) groups is 1. The predicted octanol–water partition coefficient (Wildman–Crippen LogP) is 0.528. The minimum atomic E-state index is -0.741. The quantitative estimate of drug-likeness (QED) is 0.753. The van der Waals surface area contributed by atoms with Gasteiger partial charge in [0, 0.05) is 32.7 Å². The van der Waals surface area contributed by atoms with Gasteiger partial charge >= 0.3 is 6.09 Å². The van der Waals surface area contributed by atoms with Gasteiger partial charge in [0.2, 0.25) is 0 Å². The van der Waals surface area contributed by atoms with E-state index in [2.05, 4.69) is 10.2 Å². The van der Waals surface area contributed by atoms with Gasteiger partial charge in [-0.25, -0.2) is 4.79 Å². The zero-order valence-corrected chi connectivity index (χ0v) is 10.8. The molecule has 0 bridgehead atoms. The first-order valence-electron chi connectivity index (χ1n) is 7.13. The van der Waals surface area contributed by atoms with Crippen molar-refractivity contribution in [3.63, 3.8) is 0 Å². The van der Waals surface area contributed by atoms with Crippen molar-refractivity contribution in [1.82, 2.24) is 15.1 Å². The van der Waals surface area contributed by atoms with Gasteiger partial charge in [0.05, 0.1) is 0 Å². The summed E-state index contributed by atoms with van der Waals surface area (Å²) in [6.45, 7) is 7.28. The number of fused-ring (bicyclic) bond motifs is 1. The molecule has 2 unspecified atom stereocenters. The highest BCUT2D eigenvalue weighted by molar-refractivity contribution is 5.65. The lowest BCUT2D eigenvalue weighted by molar-refractivity contribution is 0.147. The fourth-order valence-electron chi connectivity index (χ4n) is 3.82. The Balaban J connectivity index is 1.47. The second kappa shape index (κ2) is 5.05. The number of hydrogen-bond acceptors (Lipinski definition) is 3. The summed E-state index contributed by atoms with van der Waals surface area (Å²) in [5.74, 6) is 2.02. The van der Waals surface area contributed by atoms with Crippen LogP contribution in [0.2, 0.25) is 0 Å². The number of hydrogen-bond donors (Lipinski definition) is 2. The summed E-state index contributed by atoms with van der Waals surface area (Å²) in [6, 6.07) is 0. The van der Waals surface area contributed by atoms with Gasteiger partial charge in [-0.3, -0.25) is 0 Å². The molecule has 0 saturated carbocycles. The molecule has 3 rings (SSSR count).